The lowest BCUT2D eigenvalue weighted by Crippen LogP contribution is -2.32. The molecule has 0 saturated heterocycles. The van der Waals surface area contributed by atoms with Crippen LogP contribution in [0.5, 0.6) is 5.75 Å². The van der Waals surface area contributed by atoms with Gasteiger partial charge in [-0.15, -0.1) is 0 Å². The van der Waals surface area contributed by atoms with Crippen molar-refractivity contribution in [2.45, 2.75) is 25.3 Å². The lowest BCUT2D eigenvalue weighted by molar-refractivity contribution is 0.0675. The zero-order valence-electron chi connectivity index (χ0n) is 8.01. The maximum Gasteiger partial charge on any atom is 0.352 e. The number of aromatic nitrogens is 1. The van der Waals surface area contributed by atoms with Crippen molar-refractivity contribution in [3.05, 3.63) is 28.2 Å². The van der Waals surface area contributed by atoms with E-state index in [1.807, 2.05) is 0 Å². The van der Waals surface area contributed by atoms with Crippen LogP contribution in [0.1, 0.15) is 35.8 Å². The molecule has 0 unspecified atom stereocenters. The number of hydrogen-bond acceptors (Lipinski definition) is 3. The summed E-state index contributed by atoms with van der Waals surface area (Å²) in [7, 11) is 0. The van der Waals surface area contributed by atoms with E-state index >= 15 is 0 Å². The molecule has 1 aliphatic rings. The summed E-state index contributed by atoms with van der Waals surface area (Å²) in [5.41, 5.74) is -0.582. The van der Waals surface area contributed by atoms with Gasteiger partial charge in [-0.1, -0.05) is 0 Å². The van der Waals surface area contributed by atoms with E-state index in [2.05, 4.69) is 0 Å². The molecule has 2 N–H and O–H groups in total. The number of aromatic carboxylic acids is 1. The summed E-state index contributed by atoms with van der Waals surface area (Å²) < 4.78 is 1.26. The van der Waals surface area contributed by atoms with E-state index in [1.54, 1.807) is 0 Å². The van der Waals surface area contributed by atoms with Crippen molar-refractivity contribution in [3.63, 3.8) is 0 Å². The molecule has 0 amide bonds. The van der Waals surface area contributed by atoms with Crippen LogP contribution in [0.4, 0.5) is 0 Å². The molecule has 5 nitrogen and oxygen atoms in total. The molecule has 0 aliphatic heterocycles. The Morgan fingerprint density at radius 2 is 2.07 bits per heavy atom. The van der Waals surface area contributed by atoms with Crippen molar-refractivity contribution < 1.29 is 15.0 Å². The monoisotopic (exact) mass is 209 g/mol. The van der Waals surface area contributed by atoms with Gasteiger partial charge in [0, 0.05) is 18.2 Å². The van der Waals surface area contributed by atoms with Gasteiger partial charge in [0.25, 0.3) is 5.56 Å². The van der Waals surface area contributed by atoms with Crippen LogP contribution in [-0.4, -0.2) is 20.7 Å². The molecule has 1 aliphatic carbocycles. The Morgan fingerprint density at radius 3 is 2.53 bits per heavy atom. The van der Waals surface area contributed by atoms with Crippen LogP contribution in [0.25, 0.3) is 0 Å². The third kappa shape index (κ3) is 1.60. The minimum Gasteiger partial charge on any atom is -0.508 e. The van der Waals surface area contributed by atoms with Crippen LogP contribution in [0, 0.1) is 0 Å². The molecular formula is C10H11NO4. The summed E-state index contributed by atoms with van der Waals surface area (Å²) in [6.07, 6.45) is 2.66. The molecule has 0 spiro atoms. The van der Waals surface area contributed by atoms with Crippen molar-refractivity contribution in [1.82, 2.24) is 4.57 Å². The van der Waals surface area contributed by atoms with Crippen LogP contribution in [0.15, 0.2) is 16.9 Å². The zero-order valence-corrected chi connectivity index (χ0v) is 8.01. The Balaban J connectivity index is 2.58. The number of nitrogens with zero attached hydrogens (tertiary/aromatic N) is 1. The van der Waals surface area contributed by atoms with Gasteiger partial charge >= 0.3 is 5.97 Å². The van der Waals surface area contributed by atoms with Gasteiger partial charge in [0.1, 0.15) is 11.4 Å². The van der Waals surface area contributed by atoms with Crippen LogP contribution >= 0.6 is 0 Å². The second-order valence-corrected chi connectivity index (χ2v) is 3.70. The van der Waals surface area contributed by atoms with Crippen LogP contribution in [-0.2, 0) is 0 Å². The Kier molecular flexibility index (Phi) is 2.22. The fourth-order valence-electron chi connectivity index (χ4n) is 1.75. The highest BCUT2D eigenvalue weighted by Crippen LogP contribution is 2.31. The second kappa shape index (κ2) is 3.42. The van der Waals surface area contributed by atoms with E-state index in [0.717, 1.165) is 31.4 Å². The van der Waals surface area contributed by atoms with Crippen molar-refractivity contribution in [3.8, 4) is 5.75 Å². The largest absolute Gasteiger partial charge is 0.508 e. The second-order valence-electron chi connectivity index (χ2n) is 3.70. The summed E-state index contributed by atoms with van der Waals surface area (Å²) in [5, 5.41) is 18.1. The highest BCUT2D eigenvalue weighted by Gasteiger charge is 2.25. The highest BCUT2D eigenvalue weighted by molar-refractivity contribution is 5.86. The Bertz CT molecular complexity index is 459. The first-order chi connectivity index (χ1) is 7.09. The fraction of sp³-hybridized carbons (Fsp3) is 0.400. The van der Waals surface area contributed by atoms with Gasteiger partial charge in [0.05, 0.1) is 0 Å². The number of carboxylic acid groups (broad SMARTS) is 1. The van der Waals surface area contributed by atoms with Crippen molar-refractivity contribution in [1.29, 1.82) is 0 Å². The molecule has 5 heteroatoms. The SMILES string of the molecule is O=C(O)c1cc(O)cc(=O)n1C1CCC1. The predicted octanol–water partition coefficient (Wildman–Crippen LogP) is 0.977. The standard InChI is InChI=1S/C10H11NO4/c12-7-4-8(10(14)15)11(9(13)5-7)6-2-1-3-6/h4-6,12H,1-3H2,(H,14,15). The number of carboxylic acids is 1. The van der Waals surface area contributed by atoms with Gasteiger partial charge in [-0.25, -0.2) is 4.79 Å². The van der Waals surface area contributed by atoms with Crippen molar-refractivity contribution in [2.24, 2.45) is 0 Å². The van der Waals surface area contributed by atoms with E-state index in [9.17, 15) is 9.59 Å². The molecule has 80 valence electrons. The maximum atomic E-state index is 11.5. The average Bonchev–Trinajstić information content (AvgIpc) is 2.05. The van der Waals surface area contributed by atoms with Crippen LogP contribution in [0.3, 0.4) is 0 Å². The predicted molar refractivity (Wildman–Crippen MR) is 52.2 cm³/mol. The molecule has 2 rings (SSSR count). The first-order valence-electron chi connectivity index (χ1n) is 4.78. The van der Waals surface area contributed by atoms with Crippen LogP contribution in [0.2, 0.25) is 0 Å². The van der Waals surface area contributed by atoms with E-state index in [-0.39, 0.29) is 17.5 Å². The van der Waals surface area contributed by atoms with Crippen LogP contribution < -0.4 is 5.56 Å². The van der Waals surface area contributed by atoms with Gasteiger partial charge in [0.2, 0.25) is 0 Å². The molecule has 1 saturated carbocycles. The van der Waals surface area contributed by atoms with Gasteiger partial charge in [-0.05, 0) is 19.3 Å². The molecule has 0 bridgehead atoms. The molecule has 15 heavy (non-hydrogen) atoms. The Labute approximate surface area is 85.6 Å². The van der Waals surface area contributed by atoms with Gasteiger partial charge in [-0.2, -0.15) is 0 Å². The molecule has 1 heterocycles. The number of carbonyl (C=O) groups is 1. The third-order valence-corrected chi connectivity index (χ3v) is 2.71. The molecule has 0 atom stereocenters. The summed E-state index contributed by atoms with van der Waals surface area (Å²) in [5.74, 6) is -1.48. The Hall–Kier alpha value is -1.78. The van der Waals surface area contributed by atoms with Gasteiger partial charge in [-0.3, -0.25) is 9.36 Å². The number of pyridine rings is 1. The molecule has 1 fully saturated rings. The minimum absolute atomic E-state index is 0.0239. The summed E-state index contributed by atoms with van der Waals surface area (Å²) in [6, 6.07) is 2.14. The average molecular weight is 209 g/mol. The normalized spacial score (nSPS) is 16.0. The summed E-state index contributed by atoms with van der Waals surface area (Å²) >= 11 is 0. The molecule has 1 aromatic heterocycles. The maximum absolute atomic E-state index is 11.5. The molecule has 0 aromatic carbocycles. The fourth-order valence-corrected chi connectivity index (χ4v) is 1.75. The topological polar surface area (TPSA) is 79.5 Å². The van der Waals surface area contributed by atoms with E-state index in [4.69, 9.17) is 10.2 Å². The van der Waals surface area contributed by atoms with Crippen molar-refractivity contribution in [2.75, 3.05) is 0 Å². The molecular weight excluding hydrogens is 198 g/mol. The first-order valence-corrected chi connectivity index (χ1v) is 4.78. The number of rotatable bonds is 2. The van der Waals surface area contributed by atoms with E-state index < -0.39 is 11.5 Å². The minimum atomic E-state index is -1.19. The first kappa shape index (κ1) is 9.76. The molecule has 1 aromatic rings. The quantitative estimate of drug-likeness (QED) is 0.760. The third-order valence-electron chi connectivity index (χ3n) is 2.71. The van der Waals surface area contributed by atoms with E-state index in [0.29, 0.717) is 0 Å². The lowest BCUT2D eigenvalue weighted by atomic mass is 9.92. The number of hydrogen-bond donors (Lipinski definition) is 2. The van der Waals surface area contributed by atoms with Crippen molar-refractivity contribution >= 4 is 5.97 Å². The summed E-state index contributed by atoms with van der Waals surface area (Å²) in [6.45, 7) is 0. The number of aromatic hydroxyl groups is 1. The van der Waals surface area contributed by atoms with Gasteiger partial charge < -0.3 is 10.2 Å². The van der Waals surface area contributed by atoms with E-state index in [1.165, 1.54) is 4.57 Å². The summed E-state index contributed by atoms with van der Waals surface area (Å²) in [4.78, 5) is 22.4. The Morgan fingerprint density at radius 1 is 1.40 bits per heavy atom. The van der Waals surface area contributed by atoms with Gasteiger partial charge in [0.15, 0.2) is 0 Å². The highest BCUT2D eigenvalue weighted by atomic mass is 16.4. The molecule has 0 radical (unpaired) electrons. The lowest BCUT2D eigenvalue weighted by Gasteiger charge is -2.28. The smallest absolute Gasteiger partial charge is 0.352 e. The zero-order chi connectivity index (χ0) is 11.0.